The standard InChI is InChI=1S/C36H56O9S/c1-5-9-14-22-29(37)41-26-28-33(42-30(38)23-15-10-6-2)34(43-31(39)24-16-11-7-3)35(44-32(40)25-17-12-8-4)36(46,45-28)27-20-18-13-19-21-27/h13,18-21,28,33-35,46H,5-12,14-17,22-26H2,1-4H3/t28-,33-,34+,35+,36-/m1/s1. The summed E-state index contributed by atoms with van der Waals surface area (Å²) in [7, 11) is 0. The van der Waals surface area contributed by atoms with Crippen molar-refractivity contribution in [3.63, 3.8) is 0 Å². The van der Waals surface area contributed by atoms with Gasteiger partial charge in [0.1, 0.15) is 12.7 Å². The summed E-state index contributed by atoms with van der Waals surface area (Å²) in [6.07, 6.45) is 5.55. The van der Waals surface area contributed by atoms with Gasteiger partial charge in [-0.2, -0.15) is 0 Å². The number of benzene rings is 1. The molecule has 5 atom stereocenters. The molecule has 9 nitrogen and oxygen atoms in total. The lowest BCUT2D eigenvalue weighted by atomic mass is 9.89. The Morgan fingerprint density at radius 1 is 0.630 bits per heavy atom. The van der Waals surface area contributed by atoms with Crippen LogP contribution in [0.4, 0.5) is 0 Å². The third kappa shape index (κ3) is 13.3. The molecular weight excluding hydrogens is 608 g/mol. The van der Waals surface area contributed by atoms with Crippen molar-refractivity contribution in [3.8, 4) is 0 Å². The van der Waals surface area contributed by atoms with Gasteiger partial charge in [0.15, 0.2) is 23.2 Å². The van der Waals surface area contributed by atoms with Crippen LogP contribution in [-0.4, -0.2) is 54.9 Å². The molecular formula is C36H56O9S. The van der Waals surface area contributed by atoms with Crippen molar-refractivity contribution < 1.29 is 42.9 Å². The van der Waals surface area contributed by atoms with E-state index in [2.05, 4.69) is 0 Å². The Morgan fingerprint density at radius 2 is 1.07 bits per heavy atom. The molecule has 1 aromatic rings. The molecule has 0 aliphatic carbocycles. The number of thiol groups is 1. The lowest BCUT2D eigenvalue weighted by molar-refractivity contribution is -0.265. The van der Waals surface area contributed by atoms with Crippen LogP contribution in [0.1, 0.15) is 136 Å². The SMILES string of the molecule is CCCCCC(=O)OC[C@H]1O[C@@](S)(c2ccccc2)[C@@H](OC(=O)CCCCC)[C@@H](OC(=O)CCCCC)[C@@H]1OC(=O)CCCCC. The Kier molecular flexibility index (Phi) is 19.0. The van der Waals surface area contributed by atoms with Gasteiger partial charge >= 0.3 is 23.9 Å². The Balaban J connectivity index is 2.56. The highest BCUT2D eigenvalue weighted by molar-refractivity contribution is 7.81. The molecule has 10 heteroatoms. The van der Waals surface area contributed by atoms with Crippen LogP contribution in [0.15, 0.2) is 30.3 Å². The van der Waals surface area contributed by atoms with Crippen molar-refractivity contribution in [1.29, 1.82) is 0 Å². The molecule has 0 saturated carbocycles. The smallest absolute Gasteiger partial charge is 0.306 e. The third-order valence-corrected chi connectivity index (χ3v) is 8.65. The van der Waals surface area contributed by atoms with E-state index in [1.165, 1.54) is 0 Å². The van der Waals surface area contributed by atoms with E-state index in [4.69, 9.17) is 36.3 Å². The zero-order chi connectivity index (χ0) is 33.8. The summed E-state index contributed by atoms with van der Waals surface area (Å²) in [5.41, 5.74) is 0.545. The Labute approximate surface area is 281 Å². The summed E-state index contributed by atoms with van der Waals surface area (Å²) in [6, 6.07) is 8.97. The summed E-state index contributed by atoms with van der Waals surface area (Å²) in [5, 5.41) is 0. The van der Waals surface area contributed by atoms with Crippen LogP contribution in [0.2, 0.25) is 0 Å². The maximum atomic E-state index is 13.3. The molecule has 1 aliphatic heterocycles. The van der Waals surface area contributed by atoms with Crippen molar-refractivity contribution in [2.75, 3.05) is 6.61 Å². The molecule has 2 rings (SSSR count). The average Bonchev–Trinajstić information content (AvgIpc) is 3.04. The van der Waals surface area contributed by atoms with Gasteiger partial charge < -0.3 is 23.7 Å². The first-order valence-electron chi connectivity index (χ1n) is 17.4. The minimum Gasteiger partial charge on any atom is -0.463 e. The number of rotatable bonds is 22. The minimum absolute atomic E-state index is 0.140. The normalized spacial score (nSPS) is 22.5. The highest BCUT2D eigenvalue weighted by atomic mass is 32.1. The maximum absolute atomic E-state index is 13.3. The van der Waals surface area contributed by atoms with Crippen LogP contribution >= 0.6 is 12.6 Å². The Morgan fingerprint density at radius 3 is 1.54 bits per heavy atom. The molecule has 0 spiro atoms. The van der Waals surface area contributed by atoms with E-state index in [-0.39, 0.29) is 32.3 Å². The Bertz CT molecular complexity index is 1050. The van der Waals surface area contributed by atoms with E-state index >= 15 is 0 Å². The lowest BCUT2D eigenvalue weighted by Gasteiger charge is -2.49. The van der Waals surface area contributed by atoms with Crippen molar-refractivity contribution in [2.24, 2.45) is 0 Å². The largest absolute Gasteiger partial charge is 0.463 e. The van der Waals surface area contributed by atoms with Crippen LogP contribution in [0.5, 0.6) is 0 Å². The lowest BCUT2D eigenvalue weighted by Crippen LogP contribution is -2.65. The van der Waals surface area contributed by atoms with Gasteiger partial charge in [-0.15, -0.1) is 12.6 Å². The number of hydrogen-bond donors (Lipinski definition) is 1. The van der Waals surface area contributed by atoms with Crippen LogP contribution in [0.25, 0.3) is 0 Å². The van der Waals surface area contributed by atoms with Crippen LogP contribution in [0.3, 0.4) is 0 Å². The summed E-state index contributed by atoms with van der Waals surface area (Å²) < 4.78 is 30.4. The molecule has 1 aromatic carbocycles. The van der Waals surface area contributed by atoms with Crippen molar-refractivity contribution in [2.45, 2.75) is 160 Å². The molecule has 1 saturated heterocycles. The molecule has 0 N–H and O–H groups in total. The molecule has 0 aromatic heterocycles. The molecule has 0 unspecified atom stereocenters. The van der Waals surface area contributed by atoms with Crippen LogP contribution < -0.4 is 0 Å². The van der Waals surface area contributed by atoms with Gasteiger partial charge in [-0.1, -0.05) is 109 Å². The van der Waals surface area contributed by atoms with Crippen molar-refractivity contribution in [3.05, 3.63) is 35.9 Å². The second-order valence-corrected chi connectivity index (χ2v) is 12.7. The van der Waals surface area contributed by atoms with Gasteiger partial charge in [-0.25, -0.2) is 0 Å². The first kappa shape index (κ1) is 39.6. The zero-order valence-corrected chi connectivity index (χ0v) is 29.2. The fraction of sp³-hybridized carbons (Fsp3) is 0.722. The molecule has 0 amide bonds. The number of ether oxygens (including phenoxy) is 5. The molecule has 0 radical (unpaired) electrons. The number of esters is 4. The van der Waals surface area contributed by atoms with Crippen molar-refractivity contribution >= 4 is 36.5 Å². The number of carbonyl (C=O) groups excluding carboxylic acids is 4. The van der Waals surface area contributed by atoms with E-state index < -0.39 is 53.2 Å². The average molecular weight is 665 g/mol. The summed E-state index contributed by atoms with van der Waals surface area (Å²) in [5.74, 6) is -1.93. The summed E-state index contributed by atoms with van der Waals surface area (Å²) in [4.78, 5) is 50.7. The zero-order valence-electron chi connectivity index (χ0n) is 28.3. The van der Waals surface area contributed by atoms with Crippen LogP contribution in [0, 0.1) is 0 Å². The number of carbonyl (C=O) groups is 4. The topological polar surface area (TPSA) is 114 Å². The van der Waals surface area contributed by atoms with E-state index in [0.29, 0.717) is 31.2 Å². The number of unbranched alkanes of at least 4 members (excludes halogenated alkanes) is 8. The highest BCUT2D eigenvalue weighted by Gasteiger charge is 2.59. The monoisotopic (exact) mass is 664 g/mol. The van der Waals surface area contributed by atoms with Gasteiger partial charge in [0.05, 0.1) is 0 Å². The molecule has 260 valence electrons. The molecule has 46 heavy (non-hydrogen) atoms. The van der Waals surface area contributed by atoms with Crippen molar-refractivity contribution in [1.82, 2.24) is 0 Å². The van der Waals surface area contributed by atoms with Gasteiger partial charge in [0, 0.05) is 25.7 Å². The van der Waals surface area contributed by atoms with Gasteiger partial charge in [0.25, 0.3) is 0 Å². The predicted molar refractivity (Wildman–Crippen MR) is 179 cm³/mol. The maximum Gasteiger partial charge on any atom is 0.306 e. The first-order chi connectivity index (χ1) is 22.2. The summed E-state index contributed by atoms with van der Waals surface area (Å²) >= 11 is 4.99. The second-order valence-electron chi connectivity index (χ2n) is 12.0. The molecule has 1 aliphatic rings. The van der Waals surface area contributed by atoms with E-state index in [0.717, 1.165) is 51.4 Å². The van der Waals surface area contributed by atoms with Crippen LogP contribution in [-0.2, 0) is 47.8 Å². The Hall–Kier alpha value is -2.59. The van der Waals surface area contributed by atoms with Gasteiger partial charge in [-0.3, -0.25) is 19.2 Å². The molecule has 1 heterocycles. The number of hydrogen-bond acceptors (Lipinski definition) is 10. The van der Waals surface area contributed by atoms with E-state index in [1.54, 1.807) is 24.3 Å². The predicted octanol–water partition coefficient (Wildman–Crippen LogP) is 7.77. The second kappa shape index (κ2) is 22.1. The fourth-order valence-corrected chi connectivity index (χ4v) is 5.86. The third-order valence-electron chi connectivity index (χ3n) is 8.03. The first-order valence-corrected chi connectivity index (χ1v) is 17.8. The molecule has 0 bridgehead atoms. The minimum atomic E-state index is -1.62. The van der Waals surface area contributed by atoms with E-state index in [9.17, 15) is 19.2 Å². The summed E-state index contributed by atoms with van der Waals surface area (Å²) in [6.45, 7) is 7.89. The van der Waals surface area contributed by atoms with Gasteiger partial charge in [0.2, 0.25) is 0 Å². The highest BCUT2D eigenvalue weighted by Crippen LogP contribution is 2.45. The molecule has 1 fully saturated rings. The van der Waals surface area contributed by atoms with Gasteiger partial charge in [-0.05, 0) is 31.2 Å². The van der Waals surface area contributed by atoms with E-state index in [1.807, 2.05) is 33.8 Å². The fourth-order valence-electron chi connectivity index (χ4n) is 5.37. The quantitative estimate of drug-likeness (QED) is 0.0575.